The number of Topliss-reactive ketones (excluding diaryl/α,β-unsaturated/α-hetero) is 1. The number of esters is 1. The van der Waals surface area contributed by atoms with E-state index in [1.54, 1.807) is 0 Å². The highest BCUT2D eigenvalue weighted by Crippen LogP contribution is 2.45. The van der Waals surface area contributed by atoms with E-state index in [4.69, 9.17) is 9.47 Å². The van der Waals surface area contributed by atoms with Crippen molar-refractivity contribution in [1.29, 1.82) is 0 Å². The molecule has 0 saturated carbocycles. The number of ketones is 1. The molecule has 3 aromatic carbocycles. The van der Waals surface area contributed by atoms with Crippen LogP contribution < -0.4 is 10.1 Å². The summed E-state index contributed by atoms with van der Waals surface area (Å²) < 4.78 is 12.0. The quantitative estimate of drug-likeness (QED) is 0.389. The first kappa shape index (κ1) is 24.6. The molecule has 3 aromatic rings. The molecular weight excluding hydrogens is 462 g/mol. The smallest absolute Gasteiger partial charge is 0.336 e. The molecular formula is C32H31NO4. The van der Waals surface area contributed by atoms with E-state index in [-0.39, 0.29) is 12.4 Å². The third kappa shape index (κ3) is 5.51. The van der Waals surface area contributed by atoms with Crippen molar-refractivity contribution >= 4 is 11.8 Å². The molecule has 1 N–H and O–H groups in total. The Hall–Kier alpha value is -4.12. The number of nitrogens with one attached hydrogen (secondary N) is 1. The van der Waals surface area contributed by atoms with Crippen LogP contribution in [0.3, 0.4) is 0 Å². The monoisotopic (exact) mass is 493 g/mol. The van der Waals surface area contributed by atoms with Gasteiger partial charge in [0.25, 0.3) is 0 Å². The Kier molecular flexibility index (Phi) is 7.50. The fourth-order valence-corrected chi connectivity index (χ4v) is 5.13. The van der Waals surface area contributed by atoms with Crippen molar-refractivity contribution in [2.45, 2.75) is 45.1 Å². The first-order valence-electron chi connectivity index (χ1n) is 12.8. The lowest BCUT2D eigenvalue weighted by molar-refractivity contribution is -0.139. The molecule has 5 heteroatoms. The van der Waals surface area contributed by atoms with Gasteiger partial charge in [0, 0.05) is 35.4 Å². The maximum absolute atomic E-state index is 13.6. The predicted octanol–water partition coefficient (Wildman–Crippen LogP) is 6.02. The average molecular weight is 494 g/mol. The van der Waals surface area contributed by atoms with Crippen LogP contribution in [0, 0.1) is 0 Å². The molecule has 1 aliphatic carbocycles. The van der Waals surface area contributed by atoms with Crippen molar-refractivity contribution in [2.75, 3.05) is 6.61 Å². The molecule has 188 valence electrons. The number of carbonyl (C=O) groups is 2. The summed E-state index contributed by atoms with van der Waals surface area (Å²) in [7, 11) is 0. The van der Waals surface area contributed by atoms with Crippen molar-refractivity contribution in [3.63, 3.8) is 0 Å². The van der Waals surface area contributed by atoms with Crippen molar-refractivity contribution in [3.05, 3.63) is 124 Å². The van der Waals surface area contributed by atoms with E-state index < -0.39 is 11.9 Å². The molecule has 0 bridgehead atoms. The number of rotatable bonds is 8. The van der Waals surface area contributed by atoms with Crippen molar-refractivity contribution in [1.82, 2.24) is 5.32 Å². The number of hydrogen-bond acceptors (Lipinski definition) is 5. The van der Waals surface area contributed by atoms with Crippen LogP contribution in [-0.2, 0) is 27.4 Å². The van der Waals surface area contributed by atoms with Gasteiger partial charge in [0.1, 0.15) is 12.4 Å². The minimum atomic E-state index is -0.541. The molecule has 37 heavy (non-hydrogen) atoms. The van der Waals surface area contributed by atoms with Crippen molar-refractivity contribution < 1.29 is 19.1 Å². The van der Waals surface area contributed by atoms with Crippen molar-refractivity contribution in [2.24, 2.45) is 0 Å². The molecule has 1 atom stereocenters. The number of dihydropyridines is 1. The van der Waals surface area contributed by atoms with E-state index in [0.717, 1.165) is 40.9 Å². The van der Waals surface area contributed by atoms with Gasteiger partial charge in [-0.15, -0.1) is 0 Å². The lowest BCUT2D eigenvalue weighted by atomic mass is 9.75. The molecule has 0 saturated heterocycles. The van der Waals surface area contributed by atoms with Crippen LogP contribution in [0.4, 0.5) is 0 Å². The summed E-state index contributed by atoms with van der Waals surface area (Å²) in [6.45, 7) is 2.54. The maximum atomic E-state index is 13.6. The van der Waals surface area contributed by atoms with Crippen LogP contribution in [0.2, 0.25) is 0 Å². The minimum Gasteiger partial charge on any atom is -0.489 e. The Morgan fingerprint density at radius 2 is 1.57 bits per heavy atom. The van der Waals surface area contributed by atoms with E-state index in [9.17, 15) is 9.59 Å². The van der Waals surface area contributed by atoms with E-state index >= 15 is 0 Å². The highest BCUT2D eigenvalue weighted by molar-refractivity contribution is 6.04. The zero-order chi connectivity index (χ0) is 25.6. The number of para-hydroxylation sites is 1. The molecule has 1 unspecified atom stereocenters. The molecule has 2 aliphatic rings. The number of hydrogen-bond donors (Lipinski definition) is 1. The summed E-state index contributed by atoms with van der Waals surface area (Å²) >= 11 is 0. The highest BCUT2D eigenvalue weighted by Gasteiger charge is 2.40. The first-order valence-corrected chi connectivity index (χ1v) is 12.8. The lowest BCUT2D eigenvalue weighted by Crippen LogP contribution is -2.34. The van der Waals surface area contributed by atoms with Crippen molar-refractivity contribution in [3.8, 4) is 5.75 Å². The Morgan fingerprint density at radius 3 is 2.32 bits per heavy atom. The molecule has 0 amide bonds. The second kappa shape index (κ2) is 11.3. The Bertz CT molecular complexity index is 1340. The third-order valence-corrected chi connectivity index (χ3v) is 6.93. The molecule has 1 aliphatic heterocycles. The minimum absolute atomic E-state index is 0.0682. The summed E-state index contributed by atoms with van der Waals surface area (Å²) in [6.07, 6.45) is 2.67. The molecule has 5 nitrogen and oxygen atoms in total. The van der Waals surface area contributed by atoms with Crippen LogP contribution in [0.5, 0.6) is 5.75 Å². The number of ether oxygens (including phenoxy) is 2. The number of carbonyl (C=O) groups excluding carboxylic acids is 2. The van der Waals surface area contributed by atoms with Gasteiger partial charge in [0.05, 0.1) is 18.1 Å². The summed E-state index contributed by atoms with van der Waals surface area (Å²) in [5.74, 6) is -0.224. The second-order valence-corrected chi connectivity index (χ2v) is 9.45. The van der Waals surface area contributed by atoms with Gasteiger partial charge in [-0.2, -0.15) is 0 Å². The van der Waals surface area contributed by atoms with E-state index in [1.807, 2.05) is 91.9 Å². The maximum Gasteiger partial charge on any atom is 0.336 e. The van der Waals surface area contributed by atoms with Gasteiger partial charge in [-0.25, -0.2) is 4.79 Å². The van der Waals surface area contributed by atoms with Crippen LogP contribution in [0.1, 0.15) is 48.8 Å². The zero-order valence-electron chi connectivity index (χ0n) is 21.0. The normalized spacial score (nSPS) is 17.2. The van der Waals surface area contributed by atoms with Crippen LogP contribution >= 0.6 is 0 Å². The lowest BCUT2D eigenvalue weighted by Gasteiger charge is -2.34. The third-order valence-electron chi connectivity index (χ3n) is 6.93. The van der Waals surface area contributed by atoms with Crippen LogP contribution in [0.15, 0.2) is 107 Å². The number of allylic oxidation sites excluding steroid dienone is 3. The second-order valence-electron chi connectivity index (χ2n) is 9.45. The van der Waals surface area contributed by atoms with E-state index in [0.29, 0.717) is 36.3 Å². The Morgan fingerprint density at radius 1 is 0.892 bits per heavy atom. The molecule has 0 aromatic heterocycles. The first-order chi connectivity index (χ1) is 18.1. The Balaban J connectivity index is 1.46. The topological polar surface area (TPSA) is 64.6 Å². The zero-order valence-corrected chi connectivity index (χ0v) is 21.0. The van der Waals surface area contributed by atoms with Crippen LogP contribution in [-0.4, -0.2) is 18.4 Å². The van der Waals surface area contributed by atoms with Gasteiger partial charge in [-0.05, 0) is 37.0 Å². The summed E-state index contributed by atoms with van der Waals surface area (Å²) in [5.41, 5.74) is 5.70. The van der Waals surface area contributed by atoms with Gasteiger partial charge in [-0.3, -0.25) is 4.79 Å². The van der Waals surface area contributed by atoms with E-state index in [1.165, 1.54) is 0 Å². The van der Waals surface area contributed by atoms with E-state index in [2.05, 4.69) is 5.32 Å². The SMILES string of the molecule is CC1=C(C(=O)OCCc2ccccc2)C(c2ccccc2OCc2ccccc2)C2=C(CCCC2=O)N1. The van der Waals surface area contributed by atoms with Crippen LogP contribution in [0.25, 0.3) is 0 Å². The average Bonchev–Trinajstić information content (AvgIpc) is 2.92. The molecule has 5 rings (SSSR count). The fourth-order valence-electron chi connectivity index (χ4n) is 5.13. The molecule has 0 fully saturated rings. The Labute approximate surface area is 217 Å². The van der Waals surface area contributed by atoms with Gasteiger partial charge >= 0.3 is 5.97 Å². The van der Waals surface area contributed by atoms with Gasteiger partial charge in [-0.1, -0.05) is 78.9 Å². The van der Waals surface area contributed by atoms with Gasteiger partial charge < -0.3 is 14.8 Å². The summed E-state index contributed by atoms with van der Waals surface area (Å²) in [5, 5.41) is 3.36. The van der Waals surface area contributed by atoms with Gasteiger partial charge in [0.15, 0.2) is 5.78 Å². The predicted molar refractivity (Wildman–Crippen MR) is 143 cm³/mol. The highest BCUT2D eigenvalue weighted by atomic mass is 16.5. The molecule has 0 spiro atoms. The molecule has 1 heterocycles. The largest absolute Gasteiger partial charge is 0.489 e. The summed E-state index contributed by atoms with van der Waals surface area (Å²) in [4.78, 5) is 26.8. The molecule has 0 radical (unpaired) electrons. The van der Waals surface area contributed by atoms with Gasteiger partial charge in [0.2, 0.25) is 0 Å². The standard InChI is InChI=1S/C32H31NO4/c1-22-29(32(35)36-20-19-23-11-4-2-5-12-23)30(31-26(33-22)16-10-17-27(31)34)25-15-8-9-18-28(25)37-21-24-13-6-3-7-14-24/h2-9,11-15,18,30,33H,10,16-17,19-21H2,1H3. The summed E-state index contributed by atoms with van der Waals surface area (Å²) in [6, 6.07) is 27.6. The fraction of sp³-hybridized carbons (Fsp3) is 0.250. The number of benzene rings is 3.